The summed E-state index contributed by atoms with van der Waals surface area (Å²) in [5.41, 5.74) is 2.12. The summed E-state index contributed by atoms with van der Waals surface area (Å²) in [5, 5.41) is 22.7. The number of aryl methyl sites for hydroxylation is 1. The highest BCUT2D eigenvalue weighted by Gasteiger charge is 2.22. The number of benzene rings is 1. The van der Waals surface area contributed by atoms with Crippen LogP contribution in [0.3, 0.4) is 0 Å². The van der Waals surface area contributed by atoms with Crippen LogP contribution in [0.25, 0.3) is 6.08 Å². The highest BCUT2D eigenvalue weighted by atomic mass is 35.5. The van der Waals surface area contributed by atoms with Crippen LogP contribution in [0.5, 0.6) is 5.75 Å². The molecule has 0 aliphatic heterocycles. The maximum absolute atomic E-state index is 12.7. The van der Waals surface area contributed by atoms with Crippen molar-refractivity contribution in [2.75, 3.05) is 5.32 Å². The molecule has 1 atom stereocenters. The Hall–Kier alpha value is -2.80. The summed E-state index contributed by atoms with van der Waals surface area (Å²) in [6.07, 6.45) is 6.29. The number of hydrogen-bond donors (Lipinski definition) is 1. The standard InChI is InChI=1S/C23H22ClN3O2S/c1-3-14(2)29-20-9-8-15(11-19(20)24)10-16(12-25)22(28)27-23-18(13-26)17-6-4-5-7-21(17)30-23/h8-11,14H,3-7H2,1-2H3,(H,27,28). The van der Waals surface area contributed by atoms with Crippen molar-refractivity contribution in [1.29, 1.82) is 10.5 Å². The number of carbonyl (C=O) groups excluding carboxylic acids is 1. The minimum absolute atomic E-state index is 0.0373. The number of thiophene rings is 1. The molecule has 154 valence electrons. The minimum atomic E-state index is -0.538. The number of ether oxygens (including phenoxy) is 1. The summed E-state index contributed by atoms with van der Waals surface area (Å²) in [6, 6.07) is 9.29. The van der Waals surface area contributed by atoms with Crippen molar-refractivity contribution in [2.45, 2.75) is 52.1 Å². The first-order valence-corrected chi connectivity index (χ1v) is 11.1. The molecule has 1 N–H and O–H groups in total. The van der Waals surface area contributed by atoms with Crippen molar-refractivity contribution in [1.82, 2.24) is 0 Å². The van der Waals surface area contributed by atoms with Gasteiger partial charge < -0.3 is 10.1 Å². The van der Waals surface area contributed by atoms with E-state index in [0.29, 0.717) is 26.9 Å². The molecule has 0 fully saturated rings. The third-order valence-corrected chi connectivity index (χ3v) is 6.55. The molecule has 30 heavy (non-hydrogen) atoms. The number of amides is 1. The van der Waals surface area contributed by atoms with E-state index in [1.165, 1.54) is 17.4 Å². The van der Waals surface area contributed by atoms with Crippen LogP contribution in [0.15, 0.2) is 23.8 Å². The Morgan fingerprint density at radius 1 is 1.37 bits per heavy atom. The van der Waals surface area contributed by atoms with Gasteiger partial charge in [0.15, 0.2) is 0 Å². The molecule has 1 aromatic heterocycles. The predicted octanol–water partition coefficient (Wildman–Crippen LogP) is 5.87. The fourth-order valence-electron chi connectivity index (χ4n) is 3.26. The van der Waals surface area contributed by atoms with Gasteiger partial charge in [-0.05, 0) is 68.4 Å². The SMILES string of the molecule is CCC(C)Oc1ccc(C=C(C#N)C(=O)Nc2sc3c(c2C#N)CCCC3)cc1Cl. The lowest BCUT2D eigenvalue weighted by Gasteiger charge is -2.14. The van der Waals surface area contributed by atoms with Crippen molar-refractivity contribution in [3.63, 3.8) is 0 Å². The molecule has 2 aromatic rings. The Kier molecular flexibility index (Phi) is 7.15. The molecule has 1 unspecified atom stereocenters. The van der Waals surface area contributed by atoms with Gasteiger partial charge in [0, 0.05) is 4.88 Å². The lowest BCUT2D eigenvalue weighted by Crippen LogP contribution is -2.13. The van der Waals surface area contributed by atoms with Crippen LogP contribution in [-0.4, -0.2) is 12.0 Å². The molecule has 3 rings (SSSR count). The summed E-state index contributed by atoms with van der Waals surface area (Å²) in [4.78, 5) is 13.9. The van der Waals surface area contributed by atoms with Crippen molar-refractivity contribution >= 4 is 39.9 Å². The van der Waals surface area contributed by atoms with E-state index in [4.69, 9.17) is 16.3 Å². The van der Waals surface area contributed by atoms with Gasteiger partial charge in [-0.2, -0.15) is 10.5 Å². The molecule has 1 heterocycles. The van der Waals surface area contributed by atoms with E-state index in [0.717, 1.165) is 42.5 Å². The number of rotatable bonds is 6. The number of hydrogen-bond acceptors (Lipinski definition) is 5. The van der Waals surface area contributed by atoms with E-state index in [9.17, 15) is 15.3 Å². The van der Waals surface area contributed by atoms with Crippen molar-refractivity contribution < 1.29 is 9.53 Å². The molecular weight excluding hydrogens is 418 g/mol. The molecule has 0 radical (unpaired) electrons. The maximum Gasteiger partial charge on any atom is 0.266 e. The summed E-state index contributed by atoms with van der Waals surface area (Å²) < 4.78 is 5.75. The fraction of sp³-hybridized carbons (Fsp3) is 0.348. The summed E-state index contributed by atoms with van der Waals surface area (Å²) in [7, 11) is 0. The molecular formula is C23H22ClN3O2S. The number of halogens is 1. The van der Waals surface area contributed by atoms with Crippen LogP contribution in [-0.2, 0) is 17.6 Å². The van der Waals surface area contributed by atoms with Gasteiger partial charge in [-0.1, -0.05) is 24.6 Å². The topological polar surface area (TPSA) is 85.9 Å². The van der Waals surface area contributed by atoms with Crippen LogP contribution >= 0.6 is 22.9 Å². The first-order chi connectivity index (χ1) is 14.5. The van der Waals surface area contributed by atoms with Crippen LogP contribution in [0.1, 0.15) is 54.7 Å². The van der Waals surface area contributed by atoms with Crippen molar-refractivity contribution in [3.05, 3.63) is 50.4 Å². The first kappa shape index (κ1) is 21.9. The second-order valence-corrected chi connectivity index (χ2v) is 8.69. The molecule has 0 bridgehead atoms. The normalized spacial score (nSPS) is 14.2. The molecule has 1 aromatic carbocycles. The van der Waals surface area contributed by atoms with E-state index in [1.807, 2.05) is 19.9 Å². The molecule has 0 saturated heterocycles. The van der Waals surface area contributed by atoms with Crippen LogP contribution < -0.4 is 10.1 Å². The summed E-state index contributed by atoms with van der Waals surface area (Å²) >= 11 is 7.72. The Labute approximate surface area is 185 Å². The molecule has 1 aliphatic carbocycles. The second-order valence-electron chi connectivity index (χ2n) is 7.18. The first-order valence-electron chi connectivity index (χ1n) is 9.90. The summed E-state index contributed by atoms with van der Waals surface area (Å²) in [5.74, 6) is 0.0256. The Balaban J connectivity index is 1.81. The molecule has 0 saturated carbocycles. The monoisotopic (exact) mass is 439 g/mol. The molecule has 5 nitrogen and oxygen atoms in total. The second kappa shape index (κ2) is 9.80. The van der Waals surface area contributed by atoms with Gasteiger partial charge in [-0.25, -0.2) is 0 Å². The van der Waals surface area contributed by atoms with E-state index in [1.54, 1.807) is 18.2 Å². The van der Waals surface area contributed by atoms with E-state index in [2.05, 4.69) is 11.4 Å². The molecule has 0 spiro atoms. The third-order valence-electron chi connectivity index (χ3n) is 5.05. The van der Waals surface area contributed by atoms with Crippen LogP contribution in [0.2, 0.25) is 5.02 Å². The number of carbonyl (C=O) groups is 1. The van der Waals surface area contributed by atoms with E-state index >= 15 is 0 Å². The number of fused-ring (bicyclic) bond motifs is 1. The highest BCUT2D eigenvalue weighted by molar-refractivity contribution is 7.16. The lowest BCUT2D eigenvalue weighted by atomic mass is 9.96. The van der Waals surface area contributed by atoms with E-state index in [-0.39, 0.29) is 11.7 Å². The fourth-order valence-corrected chi connectivity index (χ4v) is 4.73. The minimum Gasteiger partial charge on any atom is -0.489 e. The summed E-state index contributed by atoms with van der Waals surface area (Å²) in [6.45, 7) is 3.98. The number of nitrogens with zero attached hydrogens (tertiary/aromatic N) is 2. The van der Waals surface area contributed by atoms with Gasteiger partial charge >= 0.3 is 0 Å². The number of anilines is 1. The van der Waals surface area contributed by atoms with Crippen molar-refractivity contribution in [3.8, 4) is 17.9 Å². The quantitative estimate of drug-likeness (QED) is 0.450. The number of nitriles is 2. The van der Waals surface area contributed by atoms with Crippen LogP contribution in [0, 0.1) is 22.7 Å². The van der Waals surface area contributed by atoms with Crippen LogP contribution in [0.4, 0.5) is 5.00 Å². The number of nitrogens with one attached hydrogen (secondary N) is 1. The molecule has 7 heteroatoms. The highest BCUT2D eigenvalue weighted by Crippen LogP contribution is 2.37. The Morgan fingerprint density at radius 3 is 2.80 bits per heavy atom. The lowest BCUT2D eigenvalue weighted by molar-refractivity contribution is -0.112. The largest absolute Gasteiger partial charge is 0.489 e. The average molecular weight is 440 g/mol. The average Bonchev–Trinajstić information content (AvgIpc) is 3.10. The van der Waals surface area contributed by atoms with Crippen molar-refractivity contribution in [2.24, 2.45) is 0 Å². The Bertz CT molecular complexity index is 1080. The predicted molar refractivity (Wildman–Crippen MR) is 120 cm³/mol. The molecule has 1 aliphatic rings. The third kappa shape index (κ3) is 4.84. The van der Waals surface area contributed by atoms with Gasteiger partial charge in [0.25, 0.3) is 5.91 Å². The zero-order chi connectivity index (χ0) is 21.7. The zero-order valence-corrected chi connectivity index (χ0v) is 18.5. The van der Waals surface area contributed by atoms with Gasteiger partial charge in [0.05, 0.1) is 16.7 Å². The smallest absolute Gasteiger partial charge is 0.266 e. The zero-order valence-electron chi connectivity index (χ0n) is 16.9. The van der Waals surface area contributed by atoms with Gasteiger partial charge in [0.1, 0.15) is 28.5 Å². The van der Waals surface area contributed by atoms with Gasteiger partial charge in [-0.3, -0.25) is 4.79 Å². The van der Waals surface area contributed by atoms with Gasteiger partial charge in [-0.15, -0.1) is 11.3 Å². The Morgan fingerprint density at radius 2 is 2.13 bits per heavy atom. The van der Waals surface area contributed by atoms with Gasteiger partial charge in [0.2, 0.25) is 0 Å². The molecule has 1 amide bonds. The van der Waals surface area contributed by atoms with E-state index < -0.39 is 5.91 Å². The maximum atomic E-state index is 12.7.